The third-order valence-electron chi connectivity index (χ3n) is 7.82. The molecule has 12 nitrogen and oxygen atoms in total. The van der Waals surface area contributed by atoms with E-state index in [2.05, 4.69) is 0 Å². The number of fused-ring (bicyclic) bond motifs is 1. The molecule has 3 aromatic carbocycles. The van der Waals surface area contributed by atoms with Gasteiger partial charge in [0.1, 0.15) is 17.3 Å². The van der Waals surface area contributed by atoms with Crippen molar-refractivity contribution >= 4 is 34.8 Å². The molecule has 0 spiro atoms. The van der Waals surface area contributed by atoms with E-state index in [1.54, 1.807) is 43.3 Å². The van der Waals surface area contributed by atoms with E-state index in [0.29, 0.717) is 69.2 Å². The highest BCUT2D eigenvalue weighted by Gasteiger charge is 2.35. The van der Waals surface area contributed by atoms with Crippen LogP contribution in [0, 0.1) is 10.1 Å². The number of ether oxygens (including phenoxy) is 4. The molecule has 0 amide bonds. The molecule has 13 heteroatoms. The van der Waals surface area contributed by atoms with Gasteiger partial charge in [0.25, 0.3) is 11.2 Å². The summed E-state index contributed by atoms with van der Waals surface area (Å²) in [5.74, 6) is 1.42. The molecule has 256 valence electrons. The van der Waals surface area contributed by atoms with Gasteiger partial charge in [-0.05, 0) is 56.7 Å². The third-order valence-corrected chi connectivity index (χ3v) is 8.80. The zero-order chi connectivity index (χ0) is 35.4. The Hall–Kier alpha value is -5.95. The second kappa shape index (κ2) is 14.7. The van der Waals surface area contributed by atoms with E-state index in [1.807, 2.05) is 44.2 Å². The van der Waals surface area contributed by atoms with Crippen LogP contribution >= 0.6 is 11.3 Å². The van der Waals surface area contributed by atoms with Gasteiger partial charge in [-0.15, -0.1) is 0 Å². The number of thiazole rings is 1. The molecule has 1 aliphatic heterocycles. The van der Waals surface area contributed by atoms with E-state index in [4.69, 9.17) is 28.4 Å². The number of nitro benzene ring substituents is 1. The topological polar surface area (TPSA) is 145 Å². The molecule has 0 radical (unpaired) electrons. The van der Waals surface area contributed by atoms with Crippen molar-refractivity contribution in [3.8, 4) is 28.6 Å². The molecule has 0 N–H and O–H groups in total. The quantitative estimate of drug-likeness (QED) is 0.0884. The normalized spacial score (nSPS) is 14.2. The Morgan fingerprint density at radius 2 is 1.70 bits per heavy atom. The van der Waals surface area contributed by atoms with Crippen LogP contribution in [0.2, 0.25) is 0 Å². The highest BCUT2D eigenvalue weighted by atomic mass is 32.1. The lowest BCUT2D eigenvalue weighted by Crippen LogP contribution is -2.40. The van der Waals surface area contributed by atoms with Crippen LogP contribution in [-0.4, -0.2) is 42.4 Å². The minimum absolute atomic E-state index is 0.116. The number of benzene rings is 3. The maximum atomic E-state index is 14.4. The first-order chi connectivity index (χ1) is 24.3. The van der Waals surface area contributed by atoms with Gasteiger partial charge >= 0.3 is 5.97 Å². The van der Waals surface area contributed by atoms with E-state index in [9.17, 15) is 19.7 Å². The van der Waals surface area contributed by atoms with Crippen LogP contribution in [0.4, 0.5) is 5.69 Å². The van der Waals surface area contributed by atoms with Crippen LogP contribution in [0.1, 0.15) is 43.7 Å². The second-order valence-electron chi connectivity index (χ2n) is 10.8. The summed E-state index contributed by atoms with van der Waals surface area (Å²) in [4.78, 5) is 44.4. The third kappa shape index (κ3) is 6.54. The van der Waals surface area contributed by atoms with Crippen molar-refractivity contribution in [1.82, 2.24) is 4.57 Å². The molecular formula is C37H33N3O9S. The lowest BCUT2D eigenvalue weighted by Gasteiger charge is -2.26. The fraction of sp³-hybridized carbons (Fsp3) is 0.216. The Bertz CT molecular complexity index is 2290. The number of furan rings is 1. The van der Waals surface area contributed by atoms with Gasteiger partial charge in [0, 0.05) is 23.8 Å². The van der Waals surface area contributed by atoms with Gasteiger partial charge in [-0.3, -0.25) is 19.5 Å². The number of aromatic nitrogens is 1. The van der Waals surface area contributed by atoms with E-state index >= 15 is 0 Å². The van der Waals surface area contributed by atoms with E-state index in [1.165, 1.54) is 29.9 Å². The van der Waals surface area contributed by atoms with Crippen LogP contribution in [0.15, 0.2) is 98.6 Å². The van der Waals surface area contributed by atoms with Crippen molar-refractivity contribution in [1.29, 1.82) is 0 Å². The highest BCUT2D eigenvalue weighted by Crippen LogP contribution is 2.39. The molecule has 0 fully saturated rings. The predicted molar refractivity (Wildman–Crippen MR) is 187 cm³/mol. The number of carbonyl (C=O) groups excluding carboxylic acids is 1. The standard InChI is InChI=1S/C37H33N3O9S/c1-5-46-29-16-13-23(19-30(29)47-6-2)34-32(36(42)48-7-3)33(22-11-9-8-10-12-22)38-37-39(34)35(41)31(50-37)21-25-15-18-28(49-25)26-20-24(40(43)44)14-17-27(26)45-4/h8-21,34H,5-7H2,1-4H3/b31-21-/t34-/m1/s1. The Morgan fingerprint density at radius 3 is 2.40 bits per heavy atom. The van der Waals surface area contributed by atoms with Crippen LogP contribution in [0.25, 0.3) is 23.1 Å². The van der Waals surface area contributed by atoms with Gasteiger partial charge in [0.2, 0.25) is 0 Å². The molecule has 6 rings (SSSR count). The van der Waals surface area contributed by atoms with E-state index < -0.39 is 22.5 Å². The zero-order valence-corrected chi connectivity index (χ0v) is 28.5. The Morgan fingerprint density at radius 1 is 0.960 bits per heavy atom. The van der Waals surface area contributed by atoms with Crippen molar-refractivity contribution in [3.05, 3.63) is 131 Å². The average molecular weight is 696 g/mol. The molecular weight excluding hydrogens is 662 g/mol. The first-order valence-electron chi connectivity index (χ1n) is 15.9. The molecule has 1 atom stereocenters. The summed E-state index contributed by atoms with van der Waals surface area (Å²) in [6, 6.07) is 21.2. The SMILES string of the molecule is CCOC(=O)C1=C(c2ccccc2)N=c2s/c(=C\c3ccc(-c4cc([N+](=O)[O-])ccc4OC)o3)c(=O)n2[C@@H]1c1ccc(OCC)c(OCC)c1. The average Bonchev–Trinajstić information content (AvgIpc) is 3.72. The summed E-state index contributed by atoms with van der Waals surface area (Å²) in [5, 5.41) is 11.4. The van der Waals surface area contributed by atoms with Gasteiger partial charge in [0.15, 0.2) is 16.3 Å². The minimum Gasteiger partial charge on any atom is -0.496 e. The van der Waals surface area contributed by atoms with Crippen molar-refractivity contribution in [2.45, 2.75) is 26.8 Å². The fourth-order valence-electron chi connectivity index (χ4n) is 5.70. The lowest BCUT2D eigenvalue weighted by molar-refractivity contribution is -0.384. The van der Waals surface area contributed by atoms with Gasteiger partial charge in [-0.2, -0.15) is 0 Å². The van der Waals surface area contributed by atoms with Crippen molar-refractivity contribution in [2.24, 2.45) is 4.99 Å². The predicted octanol–water partition coefficient (Wildman–Crippen LogP) is 5.91. The van der Waals surface area contributed by atoms with Crippen LogP contribution in [-0.2, 0) is 9.53 Å². The monoisotopic (exact) mass is 695 g/mol. The summed E-state index contributed by atoms with van der Waals surface area (Å²) in [7, 11) is 1.46. The molecule has 1 aliphatic rings. The first kappa shape index (κ1) is 33.9. The van der Waals surface area contributed by atoms with Gasteiger partial charge in [0.05, 0.1) is 59.3 Å². The highest BCUT2D eigenvalue weighted by molar-refractivity contribution is 7.07. The van der Waals surface area contributed by atoms with E-state index in [-0.39, 0.29) is 22.4 Å². The molecule has 5 aromatic rings. The number of hydrogen-bond acceptors (Lipinski definition) is 11. The van der Waals surface area contributed by atoms with Crippen molar-refractivity contribution in [2.75, 3.05) is 26.9 Å². The van der Waals surface area contributed by atoms with Crippen LogP contribution in [0.3, 0.4) is 0 Å². The Kier molecular flexibility index (Phi) is 9.95. The van der Waals surface area contributed by atoms with Gasteiger partial charge in [-0.1, -0.05) is 47.7 Å². The van der Waals surface area contributed by atoms with Crippen molar-refractivity contribution in [3.63, 3.8) is 0 Å². The molecule has 0 aliphatic carbocycles. The van der Waals surface area contributed by atoms with E-state index in [0.717, 1.165) is 11.3 Å². The van der Waals surface area contributed by atoms with Gasteiger partial charge < -0.3 is 23.4 Å². The number of esters is 1. The lowest BCUT2D eigenvalue weighted by atomic mass is 9.93. The maximum absolute atomic E-state index is 14.4. The number of methoxy groups -OCH3 is 1. The van der Waals surface area contributed by atoms with Crippen LogP contribution in [0.5, 0.6) is 17.2 Å². The molecule has 0 bridgehead atoms. The minimum atomic E-state index is -0.932. The summed E-state index contributed by atoms with van der Waals surface area (Å²) >= 11 is 1.14. The molecule has 50 heavy (non-hydrogen) atoms. The number of nitrogens with zero attached hydrogens (tertiary/aromatic N) is 3. The number of non-ortho nitro benzene ring substituents is 1. The summed E-state index contributed by atoms with van der Waals surface area (Å²) < 4.78 is 30.5. The number of rotatable bonds is 12. The summed E-state index contributed by atoms with van der Waals surface area (Å²) in [5.41, 5.74) is 1.69. The fourth-order valence-corrected chi connectivity index (χ4v) is 6.68. The molecule has 0 saturated carbocycles. The Balaban J connectivity index is 1.56. The largest absolute Gasteiger partial charge is 0.496 e. The zero-order valence-electron chi connectivity index (χ0n) is 27.7. The molecule has 3 heterocycles. The molecule has 0 unspecified atom stereocenters. The van der Waals surface area contributed by atoms with Crippen molar-refractivity contribution < 1.29 is 33.1 Å². The molecule has 2 aromatic heterocycles. The number of nitro groups is 1. The smallest absolute Gasteiger partial charge is 0.338 e. The second-order valence-corrected chi connectivity index (χ2v) is 11.9. The molecule has 0 saturated heterocycles. The Labute approximate surface area is 290 Å². The maximum Gasteiger partial charge on any atom is 0.338 e. The number of hydrogen-bond donors (Lipinski definition) is 0. The van der Waals surface area contributed by atoms with Gasteiger partial charge in [-0.25, -0.2) is 9.79 Å². The summed E-state index contributed by atoms with van der Waals surface area (Å²) in [6.45, 7) is 6.36. The summed E-state index contributed by atoms with van der Waals surface area (Å²) in [6.07, 6.45) is 1.58. The first-order valence-corrected chi connectivity index (χ1v) is 16.7. The van der Waals surface area contributed by atoms with Crippen LogP contribution < -0.4 is 29.1 Å². The number of carbonyl (C=O) groups is 1.